The molecule has 0 aliphatic carbocycles. The van der Waals surface area contributed by atoms with Gasteiger partial charge in [-0.2, -0.15) is 0 Å². The van der Waals surface area contributed by atoms with Crippen molar-refractivity contribution in [1.29, 1.82) is 0 Å². The Bertz CT molecular complexity index is 714. The van der Waals surface area contributed by atoms with E-state index in [4.69, 9.17) is 4.74 Å². The molecule has 122 valence electrons. The van der Waals surface area contributed by atoms with Crippen LogP contribution in [0.2, 0.25) is 0 Å². The van der Waals surface area contributed by atoms with Crippen LogP contribution in [-0.4, -0.2) is 49.8 Å². The third-order valence-corrected chi connectivity index (χ3v) is 4.90. The summed E-state index contributed by atoms with van der Waals surface area (Å²) in [5.41, 5.74) is 0.867. The summed E-state index contributed by atoms with van der Waals surface area (Å²) in [6.45, 7) is 0. The topological polar surface area (TPSA) is 103 Å². The van der Waals surface area contributed by atoms with Crippen LogP contribution in [-0.2, 0) is 0 Å². The molecule has 7 heteroatoms. The first-order chi connectivity index (χ1) is 11.0. The number of aromatic nitrogens is 1. The molecule has 0 unspecified atom stereocenters. The molecule has 0 saturated carbocycles. The van der Waals surface area contributed by atoms with Crippen LogP contribution in [0.25, 0.3) is 11.1 Å². The van der Waals surface area contributed by atoms with Gasteiger partial charge in [0.2, 0.25) is 5.56 Å². The number of ether oxygens (including phenoxy) is 1. The van der Waals surface area contributed by atoms with Crippen molar-refractivity contribution in [3.05, 3.63) is 52.9 Å². The zero-order chi connectivity index (χ0) is 16.4. The second-order valence-corrected chi connectivity index (χ2v) is 6.47. The Morgan fingerprint density at radius 3 is 2.65 bits per heavy atom. The molecule has 2 aromatic rings. The maximum Gasteiger partial charge on any atom is 0.247 e. The van der Waals surface area contributed by atoms with E-state index in [0.29, 0.717) is 11.5 Å². The monoisotopic (exact) mass is 335 g/mol. The predicted octanol–water partition coefficient (Wildman–Crippen LogP) is 0.576. The first-order valence-electron chi connectivity index (χ1n) is 7.16. The van der Waals surface area contributed by atoms with Crippen LogP contribution in [0, 0.1) is 0 Å². The minimum atomic E-state index is -1.22. The summed E-state index contributed by atoms with van der Waals surface area (Å²) in [6, 6.07) is 10.4. The van der Waals surface area contributed by atoms with Crippen molar-refractivity contribution < 1.29 is 20.1 Å². The summed E-state index contributed by atoms with van der Waals surface area (Å²) < 4.78 is 5.74. The van der Waals surface area contributed by atoms with E-state index >= 15 is 0 Å². The van der Waals surface area contributed by atoms with Crippen LogP contribution in [0.15, 0.2) is 47.4 Å². The fraction of sp³-hybridized carbons (Fsp3) is 0.312. The molecule has 1 fully saturated rings. The maximum absolute atomic E-state index is 11.1. The van der Waals surface area contributed by atoms with Gasteiger partial charge in [0.15, 0.2) is 5.44 Å². The molecule has 1 aromatic carbocycles. The average Bonchev–Trinajstić information content (AvgIpc) is 2.56. The van der Waals surface area contributed by atoms with Crippen molar-refractivity contribution in [2.24, 2.45) is 0 Å². The normalized spacial score (nSPS) is 27.6. The Morgan fingerprint density at radius 1 is 1.09 bits per heavy atom. The summed E-state index contributed by atoms with van der Waals surface area (Å²) in [5, 5.41) is 29.2. The fourth-order valence-electron chi connectivity index (χ4n) is 2.36. The first kappa shape index (κ1) is 16.1. The predicted molar refractivity (Wildman–Crippen MR) is 87.4 cm³/mol. The third-order valence-electron chi connectivity index (χ3n) is 3.66. The smallest absolute Gasteiger partial charge is 0.247 e. The highest BCUT2D eigenvalue weighted by Gasteiger charge is 2.38. The van der Waals surface area contributed by atoms with E-state index in [2.05, 4.69) is 4.98 Å². The van der Waals surface area contributed by atoms with Gasteiger partial charge in [0.25, 0.3) is 0 Å². The van der Waals surface area contributed by atoms with Crippen molar-refractivity contribution in [2.75, 3.05) is 5.75 Å². The molecule has 3 rings (SSSR count). The van der Waals surface area contributed by atoms with Crippen molar-refractivity contribution in [1.82, 2.24) is 4.98 Å². The maximum atomic E-state index is 11.1. The first-order valence-corrected chi connectivity index (χ1v) is 8.21. The molecule has 1 aliphatic heterocycles. The molecular weight excluding hydrogens is 318 g/mol. The molecule has 0 radical (unpaired) electrons. The van der Waals surface area contributed by atoms with Crippen LogP contribution in [0.1, 0.15) is 0 Å². The lowest BCUT2D eigenvalue weighted by Crippen LogP contribution is -2.50. The van der Waals surface area contributed by atoms with Gasteiger partial charge in [0, 0.05) is 18.0 Å². The van der Waals surface area contributed by atoms with E-state index in [1.54, 1.807) is 30.5 Å². The molecule has 4 N–H and O–H groups in total. The number of hydrogen-bond donors (Lipinski definition) is 4. The second kappa shape index (κ2) is 6.76. The number of aliphatic hydroxyl groups is 3. The summed E-state index contributed by atoms with van der Waals surface area (Å²) in [7, 11) is 0. The van der Waals surface area contributed by atoms with Gasteiger partial charge in [-0.3, -0.25) is 4.79 Å². The zero-order valence-electron chi connectivity index (χ0n) is 12.1. The van der Waals surface area contributed by atoms with Gasteiger partial charge in [0.1, 0.15) is 18.0 Å². The van der Waals surface area contributed by atoms with E-state index in [1.807, 2.05) is 6.07 Å². The number of benzene rings is 1. The van der Waals surface area contributed by atoms with E-state index in [9.17, 15) is 20.1 Å². The Hall–Kier alpha value is -1.80. The molecular formula is C16H17NO5S. The van der Waals surface area contributed by atoms with Gasteiger partial charge in [-0.25, -0.2) is 0 Å². The van der Waals surface area contributed by atoms with Crippen molar-refractivity contribution in [3.63, 3.8) is 0 Å². The summed E-state index contributed by atoms with van der Waals surface area (Å²) in [5.74, 6) is 0.830. The average molecular weight is 335 g/mol. The zero-order valence-corrected chi connectivity index (χ0v) is 12.9. The highest BCUT2D eigenvalue weighted by atomic mass is 32.2. The molecule has 23 heavy (non-hydrogen) atoms. The summed E-state index contributed by atoms with van der Waals surface area (Å²) in [4.78, 5) is 13.7. The van der Waals surface area contributed by atoms with Crippen LogP contribution in [0.3, 0.4) is 0 Å². The number of thioether (sulfide) groups is 1. The van der Waals surface area contributed by atoms with Crippen LogP contribution in [0.5, 0.6) is 5.75 Å². The van der Waals surface area contributed by atoms with E-state index in [-0.39, 0.29) is 5.56 Å². The number of pyridine rings is 1. The number of nitrogens with one attached hydrogen (secondary N) is 1. The largest absolute Gasteiger partial charge is 0.477 e. The summed E-state index contributed by atoms with van der Waals surface area (Å²) >= 11 is 1.25. The lowest BCUT2D eigenvalue weighted by molar-refractivity contribution is -0.0786. The minimum absolute atomic E-state index is 0.171. The number of aromatic amines is 1. The van der Waals surface area contributed by atoms with Gasteiger partial charge >= 0.3 is 0 Å². The minimum Gasteiger partial charge on any atom is -0.477 e. The fourth-order valence-corrected chi connectivity index (χ4v) is 3.48. The van der Waals surface area contributed by atoms with Gasteiger partial charge in [-0.1, -0.05) is 12.1 Å². The number of aliphatic hydroxyl groups excluding tert-OH is 3. The standard InChI is InChI=1S/C16H17NO5S/c18-12-8-23-16(15(21)14(12)20)22-11-3-1-2-9(6-11)10-4-5-13(19)17-7-10/h1-7,12,14-16,18,20-21H,8H2,(H,17,19)/t12-,14+,15-,16-/m1/s1. The molecule has 0 amide bonds. The SMILES string of the molecule is O=c1ccc(-c2cccc(O[C@@H]3SC[C@@H](O)[C@H](O)[C@H]3O)c2)c[nH]1. The number of rotatable bonds is 3. The molecule has 4 atom stereocenters. The van der Waals surface area contributed by atoms with Gasteiger partial charge in [0.05, 0.1) is 6.10 Å². The third kappa shape index (κ3) is 3.59. The number of hydrogen-bond acceptors (Lipinski definition) is 6. The van der Waals surface area contributed by atoms with Gasteiger partial charge in [-0.05, 0) is 29.3 Å². The van der Waals surface area contributed by atoms with Crippen molar-refractivity contribution in [3.8, 4) is 16.9 Å². The quantitative estimate of drug-likeness (QED) is 0.654. The molecule has 2 heterocycles. The molecule has 1 aliphatic rings. The van der Waals surface area contributed by atoms with E-state index in [1.165, 1.54) is 17.8 Å². The molecule has 6 nitrogen and oxygen atoms in total. The van der Waals surface area contributed by atoms with Gasteiger partial charge in [-0.15, -0.1) is 11.8 Å². The Labute approximate surface area is 136 Å². The lowest BCUT2D eigenvalue weighted by atomic mass is 10.1. The van der Waals surface area contributed by atoms with E-state index in [0.717, 1.165) is 11.1 Å². The molecule has 0 bridgehead atoms. The van der Waals surface area contributed by atoms with Gasteiger partial charge < -0.3 is 25.0 Å². The Kier molecular flexibility index (Phi) is 4.72. The highest BCUT2D eigenvalue weighted by Crippen LogP contribution is 2.30. The molecule has 1 aromatic heterocycles. The van der Waals surface area contributed by atoms with E-state index < -0.39 is 23.7 Å². The van der Waals surface area contributed by atoms with Crippen LogP contribution >= 0.6 is 11.8 Å². The second-order valence-electron chi connectivity index (χ2n) is 5.34. The van der Waals surface area contributed by atoms with Crippen LogP contribution < -0.4 is 10.3 Å². The lowest BCUT2D eigenvalue weighted by Gasteiger charge is -2.34. The highest BCUT2D eigenvalue weighted by molar-refractivity contribution is 7.99. The summed E-state index contributed by atoms with van der Waals surface area (Å²) in [6.07, 6.45) is -1.72. The Balaban J connectivity index is 1.78. The van der Waals surface area contributed by atoms with Crippen LogP contribution in [0.4, 0.5) is 0 Å². The molecule has 0 spiro atoms. The molecule has 1 saturated heterocycles. The Morgan fingerprint density at radius 2 is 1.91 bits per heavy atom. The van der Waals surface area contributed by atoms with Crippen molar-refractivity contribution in [2.45, 2.75) is 23.7 Å². The van der Waals surface area contributed by atoms with Crippen molar-refractivity contribution >= 4 is 11.8 Å². The number of H-pyrrole nitrogens is 1.